The van der Waals surface area contributed by atoms with Gasteiger partial charge < -0.3 is 10.6 Å². The Labute approximate surface area is 116 Å². The fraction of sp³-hybridized carbons (Fsp3) is 0.214. The average molecular weight is 274 g/mol. The van der Waals surface area contributed by atoms with E-state index in [-0.39, 0.29) is 11.4 Å². The Balaban J connectivity index is 2.04. The van der Waals surface area contributed by atoms with Gasteiger partial charge in [0.15, 0.2) is 0 Å². The molecule has 2 aromatic rings. The van der Waals surface area contributed by atoms with Crippen molar-refractivity contribution in [3.63, 3.8) is 0 Å². The summed E-state index contributed by atoms with van der Waals surface area (Å²) in [6, 6.07) is 5.96. The number of rotatable bonds is 5. The minimum absolute atomic E-state index is 0.118. The molecule has 104 valence electrons. The van der Waals surface area contributed by atoms with E-state index in [4.69, 9.17) is 0 Å². The summed E-state index contributed by atoms with van der Waals surface area (Å²) >= 11 is 0. The normalized spacial score (nSPS) is 10.1. The van der Waals surface area contributed by atoms with Crippen molar-refractivity contribution < 1.29 is 9.18 Å². The van der Waals surface area contributed by atoms with Crippen molar-refractivity contribution >= 4 is 17.4 Å². The Morgan fingerprint density at radius 2 is 2.05 bits per heavy atom. The number of nitrogens with one attached hydrogen (secondary N) is 2. The smallest absolute Gasteiger partial charge is 0.275 e. The fourth-order valence-corrected chi connectivity index (χ4v) is 1.54. The first-order chi connectivity index (χ1) is 9.70. The molecule has 1 heterocycles. The van der Waals surface area contributed by atoms with Crippen LogP contribution in [0.25, 0.3) is 0 Å². The highest BCUT2D eigenvalue weighted by molar-refractivity contribution is 6.02. The van der Waals surface area contributed by atoms with Crippen LogP contribution < -0.4 is 10.6 Å². The molecule has 2 N–H and O–H groups in total. The van der Waals surface area contributed by atoms with Crippen LogP contribution in [-0.2, 0) is 0 Å². The summed E-state index contributed by atoms with van der Waals surface area (Å²) in [6.07, 6.45) is 3.80. The molecule has 0 saturated carbocycles. The third kappa shape index (κ3) is 3.50. The van der Waals surface area contributed by atoms with Crippen molar-refractivity contribution in [2.24, 2.45) is 0 Å². The van der Waals surface area contributed by atoms with Crippen LogP contribution in [0.15, 0.2) is 36.7 Å². The van der Waals surface area contributed by atoms with Gasteiger partial charge in [-0.2, -0.15) is 0 Å². The lowest BCUT2D eigenvalue weighted by Gasteiger charge is -2.06. The fourth-order valence-electron chi connectivity index (χ4n) is 1.54. The number of carbonyl (C=O) groups excluding carboxylic acids is 1. The summed E-state index contributed by atoms with van der Waals surface area (Å²) in [6.45, 7) is 2.83. The highest BCUT2D eigenvalue weighted by atomic mass is 19.1. The van der Waals surface area contributed by atoms with E-state index in [0.29, 0.717) is 5.82 Å². The number of carbonyl (C=O) groups is 1. The SMILES string of the molecule is CCCNc1cnc(C(=O)Nc2ccccc2F)cn1. The van der Waals surface area contributed by atoms with Crippen LogP contribution in [0.5, 0.6) is 0 Å². The molecule has 20 heavy (non-hydrogen) atoms. The standard InChI is InChI=1S/C14H15FN4O/c1-2-7-16-13-9-17-12(8-18-13)14(20)19-11-6-4-3-5-10(11)15/h3-6,8-9H,2,7H2,1H3,(H,16,18)(H,19,20). The summed E-state index contributed by atoms with van der Waals surface area (Å²) in [7, 11) is 0. The molecule has 0 atom stereocenters. The van der Waals surface area contributed by atoms with Crippen molar-refractivity contribution in [3.8, 4) is 0 Å². The molecule has 0 aliphatic carbocycles. The topological polar surface area (TPSA) is 66.9 Å². The predicted molar refractivity (Wildman–Crippen MR) is 75.2 cm³/mol. The zero-order chi connectivity index (χ0) is 14.4. The molecule has 0 radical (unpaired) electrons. The van der Waals surface area contributed by atoms with Crippen molar-refractivity contribution in [1.29, 1.82) is 0 Å². The Bertz CT molecular complexity index is 586. The largest absolute Gasteiger partial charge is 0.369 e. The van der Waals surface area contributed by atoms with Crippen LogP contribution >= 0.6 is 0 Å². The number of benzene rings is 1. The molecule has 0 spiro atoms. The maximum absolute atomic E-state index is 13.4. The summed E-state index contributed by atoms with van der Waals surface area (Å²) in [5, 5.41) is 5.51. The number of anilines is 2. The maximum atomic E-state index is 13.4. The van der Waals surface area contributed by atoms with Gasteiger partial charge in [0.05, 0.1) is 18.1 Å². The predicted octanol–water partition coefficient (Wildman–Crippen LogP) is 2.69. The van der Waals surface area contributed by atoms with Gasteiger partial charge in [-0.1, -0.05) is 19.1 Å². The van der Waals surface area contributed by atoms with Crippen molar-refractivity contribution in [2.45, 2.75) is 13.3 Å². The van der Waals surface area contributed by atoms with E-state index in [0.717, 1.165) is 13.0 Å². The molecular weight excluding hydrogens is 259 g/mol. The molecule has 2 rings (SSSR count). The van der Waals surface area contributed by atoms with Crippen LogP contribution in [0.1, 0.15) is 23.8 Å². The quantitative estimate of drug-likeness (QED) is 0.879. The van der Waals surface area contributed by atoms with Gasteiger partial charge >= 0.3 is 0 Å². The van der Waals surface area contributed by atoms with Crippen molar-refractivity contribution in [3.05, 3.63) is 48.2 Å². The zero-order valence-corrected chi connectivity index (χ0v) is 11.1. The molecule has 0 aliphatic rings. The summed E-state index contributed by atoms with van der Waals surface area (Å²) < 4.78 is 13.4. The molecular formula is C14H15FN4O. The van der Waals surface area contributed by atoms with Gasteiger partial charge in [0.2, 0.25) is 0 Å². The number of hydrogen-bond donors (Lipinski definition) is 2. The van der Waals surface area contributed by atoms with Crippen LogP contribution in [-0.4, -0.2) is 22.4 Å². The molecule has 1 aromatic heterocycles. The lowest BCUT2D eigenvalue weighted by molar-refractivity contribution is 0.102. The number of para-hydroxylation sites is 1. The van der Waals surface area contributed by atoms with Gasteiger partial charge in [0.1, 0.15) is 17.3 Å². The first-order valence-corrected chi connectivity index (χ1v) is 6.32. The van der Waals surface area contributed by atoms with Gasteiger partial charge in [0.25, 0.3) is 5.91 Å². The van der Waals surface area contributed by atoms with E-state index in [9.17, 15) is 9.18 Å². The first-order valence-electron chi connectivity index (χ1n) is 6.32. The third-order valence-electron chi connectivity index (χ3n) is 2.56. The zero-order valence-electron chi connectivity index (χ0n) is 11.1. The van der Waals surface area contributed by atoms with Gasteiger partial charge in [-0.25, -0.2) is 14.4 Å². The molecule has 1 aromatic carbocycles. The van der Waals surface area contributed by atoms with Gasteiger partial charge in [-0.15, -0.1) is 0 Å². The Morgan fingerprint density at radius 1 is 1.25 bits per heavy atom. The molecule has 0 fully saturated rings. The second kappa shape index (κ2) is 6.60. The van der Waals surface area contributed by atoms with Gasteiger partial charge in [0, 0.05) is 6.54 Å². The molecule has 1 amide bonds. The Morgan fingerprint density at radius 3 is 2.70 bits per heavy atom. The Kier molecular flexibility index (Phi) is 4.60. The molecule has 0 aliphatic heterocycles. The lowest BCUT2D eigenvalue weighted by Crippen LogP contribution is -2.15. The number of halogens is 1. The second-order valence-corrected chi connectivity index (χ2v) is 4.15. The number of amides is 1. The number of hydrogen-bond acceptors (Lipinski definition) is 4. The third-order valence-corrected chi connectivity index (χ3v) is 2.56. The minimum atomic E-state index is -0.496. The molecule has 0 saturated heterocycles. The van der Waals surface area contributed by atoms with Crippen LogP contribution in [0.4, 0.5) is 15.9 Å². The second-order valence-electron chi connectivity index (χ2n) is 4.15. The van der Waals surface area contributed by atoms with Crippen LogP contribution in [0, 0.1) is 5.82 Å². The number of nitrogens with zero attached hydrogens (tertiary/aromatic N) is 2. The van der Waals surface area contributed by atoms with Gasteiger partial charge in [-0.3, -0.25) is 4.79 Å². The van der Waals surface area contributed by atoms with Gasteiger partial charge in [-0.05, 0) is 18.6 Å². The van der Waals surface area contributed by atoms with E-state index in [1.165, 1.54) is 24.5 Å². The van der Waals surface area contributed by atoms with E-state index >= 15 is 0 Å². The van der Waals surface area contributed by atoms with Crippen molar-refractivity contribution in [2.75, 3.05) is 17.2 Å². The lowest BCUT2D eigenvalue weighted by atomic mass is 10.3. The van der Waals surface area contributed by atoms with E-state index in [1.54, 1.807) is 12.1 Å². The summed E-state index contributed by atoms with van der Waals surface area (Å²) in [5.74, 6) is -0.381. The number of aromatic nitrogens is 2. The molecule has 0 bridgehead atoms. The van der Waals surface area contributed by atoms with E-state index in [1.807, 2.05) is 6.92 Å². The van der Waals surface area contributed by atoms with Crippen LogP contribution in [0.3, 0.4) is 0 Å². The first kappa shape index (κ1) is 13.9. The Hall–Kier alpha value is -2.50. The summed E-state index contributed by atoms with van der Waals surface area (Å²) in [5.41, 5.74) is 0.253. The van der Waals surface area contributed by atoms with E-state index in [2.05, 4.69) is 20.6 Å². The van der Waals surface area contributed by atoms with E-state index < -0.39 is 11.7 Å². The van der Waals surface area contributed by atoms with Crippen molar-refractivity contribution in [1.82, 2.24) is 9.97 Å². The highest BCUT2D eigenvalue weighted by Crippen LogP contribution is 2.13. The monoisotopic (exact) mass is 274 g/mol. The minimum Gasteiger partial charge on any atom is -0.369 e. The van der Waals surface area contributed by atoms with Crippen LogP contribution in [0.2, 0.25) is 0 Å². The average Bonchev–Trinajstić information content (AvgIpc) is 2.48. The molecule has 5 nitrogen and oxygen atoms in total. The molecule has 0 unspecified atom stereocenters. The maximum Gasteiger partial charge on any atom is 0.275 e. The summed E-state index contributed by atoms with van der Waals surface area (Å²) in [4.78, 5) is 20.0. The highest BCUT2D eigenvalue weighted by Gasteiger charge is 2.10. The molecule has 6 heteroatoms.